The Hall–Kier alpha value is -2.47. The Balaban J connectivity index is 2.26. The molecular formula is C26H41N3O2Si-. The molecule has 0 amide bonds. The fraction of sp³-hybridized carbons (Fsp3) is 0.500. The van der Waals surface area contributed by atoms with Crippen LogP contribution in [0, 0.1) is 5.41 Å². The largest absolute Gasteiger partial charge is 0.526 e. The molecule has 0 unspecified atom stereocenters. The fourth-order valence-corrected chi connectivity index (χ4v) is 5.37. The summed E-state index contributed by atoms with van der Waals surface area (Å²) in [5.74, 6) is 1.26. The van der Waals surface area contributed by atoms with Crippen molar-refractivity contribution in [2.24, 2.45) is 5.73 Å². The Morgan fingerprint density at radius 1 is 1.00 bits per heavy atom. The molecule has 2 aromatic rings. The molecule has 177 valence electrons. The second-order valence-electron chi connectivity index (χ2n) is 11.5. The molecule has 0 atom stereocenters. The van der Waals surface area contributed by atoms with Crippen molar-refractivity contribution in [2.75, 3.05) is 13.3 Å². The number of hydrogen-bond donors (Lipinski definition) is 3. The van der Waals surface area contributed by atoms with Crippen LogP contribution in [0.2, 0.25) is 13.1 Å². The predicted octanol–water partition coefficient (Wildman–Crippen LogP) is 4.85. The first-order chi connectivity index (χ1) is 14.5. The highest BCUT2D eigenvalue weighted by Gasteiger charge is 2.27. The molecule has 0 saturated carbocycles. The van der Waals surface area contributed by atoms with E-state index in [2.05, 4.69) is 78.9 Å². The minimum atomic E-state index is -1.85. The topological polar surface area (TPSA) is 82.6 Å². The standard InChI is InChI=1S/C26H41N3O2Si/c1-25(2,3)21-14-19(15-22(23(21)30)26(4,5)6)31-17-32(8,9)20-12-10-18(11-13-20)16-29(7)24(27)28/h10-15,30H,16-17H2,1-9H3,(H3,27,28)/q-1. The Morgan fingerprint density at radius 3 is 1.88 bits per heavy atom. The molecule has 32 heavy (non-hydrogen) atoms. The first-order valence-corrected chi connectivity index (χ1v) is 14.4. The molecule has 4 N–H and O–H groups in total. The van der Waals surface area contributed by atoms with Gasteiger partial charge in [0, 0.05) is 24.7 Å². The number of phenolic OH excluding ortho intramolecular Hbond substituents is 1. The number of guanidine groups is 1. The van der Waals surface area contributed by atoms with Crippen molar-refractivity contribution >= 4 is 19.2 Å². The van der Waals surface area contributed by atoms with Gasteiger partial charge in [-0.1, -0.05) is 73.9 Å². The van der Waals surface area contributed by atoms with Gasteiger partial charge in [-0.15, -0.1) is 0 Å². The van der Waals surface area contributed by atoms with E-state index in [0.717, 1.165) is 22.4 Å². The smallest absolute Gasteiger partial charge is 0.188 e. The third kappa shape index (κ3) is 6.28. The summed E-state index contributed by atoms with van der Waals surface area (Å²) in [6, 6.07) is 12.6. The van der Waals surface area contributed by atoms with E-state index in [1.807, 2.05) is 19.2 Å². The van der Waals surface area contributed by atoms with Gasteiger partial charge in [-0.3, -0.25) is 5.41 Å². The maximum atomic E-state index is 10.9. The number of ether oxygens (including phenoxy) is 1. The van der Waals surface area contributed by atoms with E-state index in [-0.39, 0.29) is 16.8 Å². The van der Waals surface area contributed by atoms with Gasteiger partial charge in [0.1, 0.15) is 11.5 Å². The third-order valence-electron chi connectivity index (χ3n) is 5.87. The maximum absolute atomic E-state index is 10.9. The summed E-state index contributed by atoms with van der Waals surface area (Å²) >= 11 is 0. The summed E-state index contributed by atoms with van der Waals surface area (Å²) in [6.07, 6.45) is 0.650. The monoisotopic (exact) mass is 455 g/mol. The number of nitrogens with one attached hydrogen (secondary N) is 1. The van der Waals surface area contributed by atoms with Gasteiger partial charge in [-0.2, -0.15) is 18.3 Å². The molecule has 0 aliphatic heterocycles. The van der Waals surface area contributed by atoms with Crippen LogP contribution in [0.15, 0.2) is 36.4 Å². The van der Waals surface area contributed by atoms with Crippen molar-refractivity contribution in [3.05, 3.63) is 53.1 Å². The third-order valence-corrected chi connectivity index (χ3v) is 8.63. The molecule has 0 fully saturated rings. The Morgan fingerprint density at radius 2 is 1.47 bits per heavy atom. The van der Waals surface area contributed by atoms with Gasteiger partial charge >= 0.3 is 0 Å². The van der Waals surface area contributed by atoms with Crippen LogP contribution in [0.1, 0.15) is 58.2 Å². The highest BCUT2D eigenvalue weighted by atomic mass is 28.3. The average molecular weight is 456 g/mol. The average Bonchev–Trinajstić information content (AvgIpc) is 2.65. The van der Waals surface area contributed by atoms with Crippen LogP contribution in [-0.4, -0.2) is 37.3 Å². The molecule has 0 spiro atoms. The van der Waals surface area contributed by atoms with Crippen LogP contribution in [-0.2, 0) is 17.4 Å². The molecule has 2 rings (SSSR count). The highest BCUT2D eigenvalue weighted by Crippen LogP contribution is 2.41. The van der Waals surface area contributed by atoms with Crippen molar-refractivity contribution in [3.8, 4) is 11.5 Å². The molecule has 5 nitrogen and oxygen atoms in total. The number of nitrogens with zero attached hydrogens (tertiary/aromatic N) is 1. The SMILES string of the molecule is CN(Cc1ccc([Si-](C)(C)COc2cc(C(C)(C)C)c(O)c(C(C)(C)C)c2)cc1)C(=N)N. The van der Waals surface area contributed by atoms with E-state index < -0.39 is 8.07 Å². The van der Waals surface area contributed by atoms with Crippen molar-refractivity contribution in [2.45, 2.75) is 72.0 Å². The lowest BCUT2D eigenvalue weighted by atomic mass is 9.79. The number of phenols is 1. The van der Waals surface area contributed by atoms with Crippen LogP contribution in [0.25, 0.3) is 0 Å². The van der Waals surface area contributed by atoms with Crippen LogP contribution in [0.5, 0.6) is 11.5 Å². The van der Waals surface area contributed by atoms with Gasteiger partial charge in [-0.05, 0) is 34.8 Å². The van der Waals surface area contributed by atoms with Gasteiger partial charge < -0.3 is 20.5 Å². The van der Waals surface area contributed by atoms with Crippen molar-refractivity contribution < 1.29 is 9.84 Å². The van der Waals surface area contributed by atoms with E-state index in [1.54, 1.807) is 4.90 Å². The Bertz CT molecular complexity index is 920. The molecule has 0 aliphatic rings. The molecule has 0 aliphatic carbocycles. The lowest BCUT2D eigenvalue weighted by Gasteiger charge is -2.35. The van der Waals surface area contributed by atoms with Gasteiger partial charge in [0.05, 0.1) is 0 Å². The first-order valence-electron chi connectivity index (χ1n) is 11.2. The van der Waals surface area contributed by atoms with Crippen molar-refractivity contribution in [1.82, 2.24) is 4.90 Å². The van der Waals surface area contributed by atoms with Gasteiger partial charge in [0.25, 0.3) is 0 Å². The van der Waals surface area contributed by atoms with Crippen molar-refractivity contribution in [3.63, 3.8) is 0 Å². The van der Waals surface area contributed by atoms with E-state index in [9.17, 15) is 5.11 Å². The number of hydrogen-bond acceptors (Lipinski definition) is 3. The molecule has 0 radical (unpaired) electrons. The van der Waals surface area contributed by atoms with Crippen LogP contribution in [0.4, 0.5) is 0 Å². The van der Waals surface area contributed by atoms with Crippen LogP contribution < -0.4 is 15.7 Å². The molecule has 0 bridgehead atoms. The molecule has 2 aromatic carbocycles. The maximum Gasteiger partial charge on any atom is 0.188 e. The summed E-state index contributed by atoms with van der Waals surface area (Å²) in [4.78, 5) is 1.71. The number of benzene rings is 2. The summed E-state index contributed by atoms with van der Waals surface area (Å²) in [5.41, 5.74) is 8.14. The highest BCUT2D eigenvalue weighted by molar-refractivity contribution is 6.89. The van der Waals surface area contributed by atoms with E-state index in [0.29, 0.717) is 18.5 Å². The predicted molar refractivity (Wildman–Crippen MR) is 138 cm³/mol. The summed E-state index contributed by atoms with van der Waals surface area (Å²) < 4.78 is 6.38. The molecule has 0 aromatic heterocycles. The Labute approximate surface area is 195 Å². The van der Waals surface area contributed by atoms with Crippen LogP contribution >= 0.6 is 0 Å². The van der Waals surface area contributed by atoms with E-state index in [1.165, 1.54) is 5.19 Å². The van der Waals surface area contributed by atoms with E-state index in [4.69, 9.17) is 15.9 Å². The molecular weight excluding hydrogens is 414 g/mol. The quantitative estimate of drug-likeness (QED) is 0.330. The number of nitrogens with two attached hydrogens (primary N) is 1. The Kier molecular flexibility index (Phi) is 7.40. The normalized spacial score (nSPS) is 12.5. The van der Waals surface area contributed by atoms with E-state index >= 15 is 0 Å². The molecule has 0 heterocycles. The second kappa shape index (κ2) is 9.18. The second-order valence-corrected chi connectivity index (χ2v) is 16.1. The number of aromatic hydroxyl groups is 1. The van der Waals surface area contributed by atoms with Gasteiger partial charge in [0.2, 0.25) is 0 Å². The lowest BCUT2D eigenvalue weighted by Crippen LogP contribution is -2.47. The first kappa shape index (κ1) is 25.8. The summed E-state index contributed by atoms with van der Waals surface area (Å²) in [7, 11) is -0.0347. The fourth-order valence-electron chi connectivity index (χ4n) is 3.60. The minimum Gasteiger partial charge on any atom is -0.526 e. The zero-order valence-electron chi connectivity index (χ0n) is 21.3. The minimum absolute atomic E-state index is 0.0651. The van der Waals surface area contributed by atoms with Gasteiger partial charge in [-0.25, -0.2) is 0 Å². The summed E-state index contributed by atoms with van der Waals surface area (Å²) in [5, 5.41) is 19.8. The van der Waals surface area contributed by atoms with Crippen LogP contribution in [0.3, 0.4) is 0 Å². The number of rotatable bonds is 6. The zero-order chi connectivity index (χ0) is 24.5. The summed E-state index contributed by atoms with van der Waals surface area (Å²) in [6.45, 7) is 17.9. The molecule has 0 saturated heterocycles. The molecule has 6 heteroatoms. The zero-order valence-corrected chi connectivity index (χ0v) is 22.3. The lowest BCUT2D eigenvalue weighted by molar-refractivity contribution is 0.369. The van der Waals surface area contributed by atoms with Crippen molar-refractivity contribution in [1.29, 1.82) is 5.41 Å². The van der Waals surface area contributed by atoms with Gasteiger partial charge in [0.15, 0.2) is 5.96 Å².